The molecule has 0 saturated heterocycles. The van der Waals surface area contributed by atoms with Gasteiger partial charge in [0.2, 0.25) is 5.91 Å². The SMILES string of the molecule is O=C(CNc1cccc2c1CCNC2)N(Cc1ccccc1C(F)(F)F)CC1(O)CCCC1. The third kappa shape index (κ3) is 5.68. The Morgan fingerprint density at radius 2 is 1.88 bits per heavy atom. The van der Waals surface area contributed by atoms with Crippen LogP contribution in [0.25, 0.3) is 0 Å². The first-order chi connectivity index (χ1) is 15.8. The van der Waals surface area contributed by atoms with Gasteiger partial charge in [-0.15, -0.1) is 0 Å². The molecule has 33 heavy (non-hydrogen) atoms. The molecule has 5 nitrogen and oxygen atoms in total. The Labute approximate surface area is 192 Å². The van der Waals surface area contributed by atoms with Gasteiger partial charge in [0.15, 0.2) is 0 Å². The van der Waals surface area contributed by atoms with Crippen LogP contribution < -0.4 is 10.6 Å². The van der Waals surface area contributed by atoms with E-state index in [2.05, 4.69) is 10.6 Å². The van der Waals surface area contributed by atoms with Crippen LogP contribution in [0.5, 0.6) is 0 Å². The minimum atomic E-state index is -4.51. The second-order valence-electron chi connectivity index (χ2n) is 9.06. The fraction of sp³-hybridized carbons (Fsp3) is 0.480. The molecule has 0 aromatic heterocycles. The van der Waals surface area contributed by atoms with Crippen molar-refractivity contribution >= 4 is 11.6 Å². The van der Waals surface area contributed by atoms with Crippen LogP contribution in [-0.2, 0) is 30.5 Å². The Hall–Kier alpha value is -2.58. The third-order valence-electron chi connectivity index (χ3n) is 6.63. The summed E-state index contributed by atoms with van der Waals surface area (Å²) in [7, 11) is 0. The summed E-state index contributed by atoms with van der Waals surface area (Å²) in [6.07, 6.45) is -0.880. The summed E-state index contributed by atoms with van der Waals surface area (Å²) < 4.78 is 40.6. The Kier molecular flexibility index (Phi) is 6.95. The van der Waals surface area contributed by atoms with Gasteiger partial charge in [-0.3, -0.25) is 4.79 Å². The quantitative estimate of drug-likeness (QED) is 0.581. The van der Waals surface area contributed by atoms with Gasteiger partial charge in [-0.05, 0) is 54.6 Å². The molecular formula is C25H30F3N3O2. The molecule has 1 heterocycles. The fourth-order valence-electron chi connectivity index (χ4n) is 4.90. The Balaban J connectivity index is 1.53. The molecule has 2 aromatic carbocycles. The fourth-order valence-corrected chi connectivity index (χ4v) is 4.90. The van der Waals surface area contributed by atoms with E-state index < -0.39 is 17.3 Å². The maximum atomic E-state index is 13.5. The van der Waals surface area contributed by atoms with Crippen LogP contribution in [0.4, 0.5) is 18.9 Å². The minimum absolute atomic E-state index is 0.0243. The van der Waals surface area contributed by atoms with Gasteiger partial charge in [-0.1, -0.05) is 43.2 Å². The molecule has 0 spiro atoms. The van der Waals surface area contributed by atoms with Crippen molar-refractivity contribution in [3.05, 3.63) is 64.7 Å². The molecule has 3 N–H and O–H groups in total. The molecule has 4 rings (SSSR count). The summed E-state index contributed by atoms with van der Waals surface area (Å²) in [6, 6.07) is 11.2. The lowest BCUT2D eigenvalue weighted by molar-refractivity contribution is -0.140. The van der Waals surface area contributed by atoms with Crippen LogP contribution in [0.1, 0.15) is 47.9 Å². The van der Waals surface area contributed by atoms with Crippen molar-refractivity contribution < 1.29 is 23.1 Å². The Morgan fingerprint density at radius 1 is 1.12 bits per heavy atom. The van der Waals surface area contributed by atoms with Gasteiger partial charge in [0.1, 0.15) is 0 Å². The number of anilines is 1. The van der Waals surface area contributed by atoms with Gasteiger partial charge in [0, 0.05) is 25.3 Å². The molecule has 178 valence electrons. The molecule has 0 bridgehead atoms. The number of carbonyl (C=O) groups excluding carboxylic acids is 1. The zero-order valence-corrected chi connectivity index (χ0v) is 18.5. The average molecular weight is 462 g/mol. The van der Waals surface area contributed by atoms with Crippen LogP contribution in [0.2, 0.25) is 0 Å². The first-order valence-corrected chi connectivity index (χ1v) is 11.5. The standard InChI is InChI=1S/C25H30F3N3O2/c26-25(27,28)21-8-2-1-6-19(21)16-31(17-24(33)11-3-4-12-24)23(32)15-30-22-9-5-7-18-14-29-13-10-20(18)22/h1-2,5-9,29-30,33H,3-4,10-17H2. The summed E-state index contributed by atoms with van der Waals surface area (Å²) in [6.45, 7) is 1.40. The number of aliphatic hydroxyl groups is 1. The second-order valence-corrected chi connectivity index (χ2v) is 9.06. The molecule has 1 saturated carbocycles. The van der Waals surface area contributed by atoms with E-state index in [0.717, 1.165) is 49.7 Å². The number of halogens is 3. The number of nitrogens with zero attached hydrogens (tertiary/aromatic N) is 1. The number of benzene rings is 2. The highest BCUT2D eigenvalue weighted by atomic mass is 19.4. The summed E-state index contributed by atoms with van der Waals surface area (Å²) in [4.78, 5) is 14.6. The normalized spacial score (nSPS) is 17.5. The van der Waals surface area contributed by atoms with E-state index in [-0.39, 0.29) is 31.1 Å². The van der Waals surface area contributed by atoms with Crippen molar-refractivity contribution in [3.8, 4) is 0 Å². The number of fused-ring (bicyclic) bond motifs is 1. The highest BCUT2D eigenvalue weighted by Gasteiger charge is 2.37. The van der Waals surface area contributed by atoms with Crippen LogP contribution >= 0.6 is 0 Å². The van der Waals surface area contributed by atoms with Gasteiger partial charge >= 0.3 is 6.18 Å². The predicted octanol–water partition coefficient (Wildman–Crippen LogP) is 4.10. The van der Waals surface area contributed by atoms with Gasteiger partial charge < -0.3 is 20.6 Å². The molecule has 0 radical (unpaired) electrons. The van der Waals surface area contributed by atoms with Crippen molar-refractivity contribution in [2.24, 2.45) is 0 Å². The van der Waals surface area contributed by atoms with Crippen LogP contribution in [0.15, 0.2) is 42.5 Å². The third-order valence-corrected chi connectivity index (χ3v) is 6.63. The van der Waals surface area contributed by atoms with Crippen LogP contribution in [0.3, 0.4) is 0 Å². The second kappa shape index (κ2) is 9.73. The molecule has 2 aliphatic rings. The lowest BCUT2D eigenvalue weighted by Gasteiger charge is -2.32. The molecule has 0 atom stereocenters. The zero-order chi connectivity index (χ0) is 23.5. The highest BCUT2D eigenvalue weighted by Crippen LogP contribution is 2.34. The maximum absolute atomic E-state index is 13.5. The highest BCUT2D eigenvalue weighted by molar-refractivity contribution is 5.81. The number of carbonyl (C=O) groups is 1. The van der Waals surface area contributed by atoms with Gasteiger partial charge in [-0.25, -0.2) is 0 Å². The van der Waals surface area contributed by atoms with E-state index >= 15 is 0 Å². The van der Waals surface area contributed by atoms with E-state index in [1.807, 2.05) is 18.2 Å². The van der Waals surface area contributed by atoms with Crippen molar-refractivity contribution in [2.75, 3.05) is 25.0 Å². The van der Waals surface area contributed by atoms with Crippen molar-refractivity contribution in [1.29, 1.82) is 0 Å². The Bertz CT molecular complexity index is 987. The molecule has 1 aliphatic carbocycles. The lowest BCUT2D eigenvalue weighted by atomic mass is 9.99. The number of rotatable bonds is 7. The van der Waals surface area contributed by atoms with Crippen molar-refractivity contribution in [1.82, 2.24) is 10.2 Å². The van der Waals surface area contributed by atoms with E-state index in [1.165, 1.54) is 22.6 Å². The molecule has 0 unspecified atom stereocenters. The van der Waals surface area contributed by atoms with Gasteiger partial charge in [0.05, 0.1) is 17.7 Å². The molecule has 1 amide bonds. The first kappa shape index (κ1) is 23.6. The zero-order valence-electron chi connectivity index (χ0n) is 18.5. The van der Waals surface area contributed by atoms with Crippen molar-refractivity contribution in [3.63, 3.8) is 0 Å². The summed E-state index contributed by atoms with van der Waals surface area (Å²) in [5.74, 6) is -0.334. The summed E-state index contributed by atoms with van der Waals surface area (Å²) in [5.41, 5.74) is 1.43. The van der Waals surface area contributed by atoms with Crippen LogP contribution in [-0.4, -0.2) is 41.1 Å². The number of hydrogen-bond acceptors (Lipinski definition) is 4. The molecule has 8 heteroatoms. The first-order valence-electron chi connectivity index (χ1n) is 11.5. The van der Waals surface area contributed by atoms with Gasteiger partial charge in [-0.2, -0.15) is 13.2 Å². The molecule has 2 aromatic rings. The average Bonchev–Trinajstić information content (AvgIpc) is 3.22. The Morgan fingerprint density at radius 3 is 2.64 bits per heavy atom. The minimum Gasteiger partial charge on any atom is -0.388 e. The number of alkyl halides is 3. The van der Waals surface area contributed by atoms with E-state index in [9.17, 15) is 23.1 Å². The lowest BCUT2D eigenvalue weighted by Crippen LogP contribution is -2.46. The smallest absolute Gasteiger partial charge is 0.388 e. The monoisotopic (exact) mass is 461 g/mol. The van der Waals surface area contributed by atoms with E-state index in [4.69, 9.17) is 0 Å². The molecule has 1 fully saturated rings. The van der Waals surface area contributed by atoms with Crippen molar-refractivity contribution in [2.45, 2.75) is 57.0 Å². The topological polar surface area (TPSA) is 64.6 Å². The van der Waals surface area contributed by atoms with Crippen LogP contribution in [0, 0.1) is 0 Å². The van der Waals surface area contributed by atoms with E-state index in [0.29, 0.717) is 12.8 Å². The molecule has 1 aliphatic heterocycles. The summed E-state index contributed by atoms with van der Waals surface area (Å²) in [5, 5.41) is 17.4. The predicted molar refractivity (Wildman–Crippen MR) is 121 cm³/mol. The molecular weight excluding hydrogens is 431 g/mol. The number of amides is 1. The number of hydrogen-bond donors (Lipinski definition) is 3. The maximum Gasteiger partial charge on any atom is 0.416 e. The number of nitrogens with one attached hydrogen (secondary N) is 2. The van der Waals surface area contributed by atoms with E-state index in [1.54, 1.807) is 6.07 Å². The van der Waals surface area contributed by atoms with Gasteiger partial charge in [0.25, 0.3) is 0 Å². The largest absolute Gasteiger partial charge is 0.416 e. The summed E-state index contributed by atoms with van der Waals surface area (Å²) >= 11 is 0.